The first-order chi connectivity index (χ1) is 15.2. The fourth-order valence-corrected chi connectivity index (χ4v) is 5.20. The van der Waals surface area contributed by atoms with Crippen LogP contribution in [0.5, 0.6) is 0 Å². The number of amides is 1. The molecule has 2 aromatic carbocycles. The van der Waals surface area contributed by atoms with Crippen molar-refractivity contribution in [1.29, 1.82) is 0 Å². The number of carbonyl (C=O) groups excluding carboxylic acids is 1. The first-order valence-corrected chi connectivity index (χ1v) is 11.3. The Balaban J connectivity index is 1.66. The van der Waals surface area contributed by atoms with Gasteiger partial charge in [0.15, 0.2) is 0 Å². The number of anilines is 1. The average Bonchev–Trinajstić information content (AvgIpc) is 3.17. The molecule has 0 unspecified atom stereocenters. The van der Waals surface area contributed by atoms with Crippen molar-refractivity contribution >= 4 is 22.8 Å². The summed E-state index contributed by atoms with van der Waals surface area (Å²) in [7, 11) is 1.45. The summed E-state index contributed by atoms with van der Waals surface area (Å²) >= 11 is 0. The average molecular weight is 419 g/mol. The fraction of sp³-hybridized carbons (Fsp3) is 0.440. The SMILES string of the molecule is COC(=O)N1c2ccc3c(nc(Cc4ccccc4)n3C3CCNCC3)c2CC[C@@H]1C. The van der Waals surface area contributed by atoms with Crippen LogP contribution in [0.4, 0.5) is 10.5 Å². The van der Waals surface area contributed by atoms with Crippen LogP contribution in [0.1, 0.15) is 49.2 Å². The molecule has 1 saturated heterocycles. The lowest BCUT2D eigenvalue weighted by molar-refractivity contribution is 0.175. The lowest BCUT2D eigenvalue weighted by Gasteiger charge is -2.34. The molecule has 0 spiro atoms. The molecule has 1 N–H and O–H groups in total. The molecule has 6 nitrogen and oxygen atoms in total. The van der Waals surface area contributed by atoms with Crippen molar-refractivity contribution in [1.82, 2.24) is 14.9 Å². The fourth-order valence-electron chi connectivity index (χ4n) is 5.20. The topological polar surface area (TPSA) is 59.4 Å². The summed E-state index contributed by atoms with van der Waals surface area (Å²) < 4.78 is 7.56. The number of benzene rings is 2. The predicted octanol–water partition coefficient (Wildman–Crippen LogP) is 4.46. The number of aryl methyl sites for hydroxylation is 1. The Kier molecular flexibility index (Phi) is 5.40. The van der Waals surface area contributed by atoms with E-state index in [9.17, 15) is 4.79 Å². The van der Waals surface area contributed by atoms with Crippen molar-refractivity contribution < 1.29 is 9.53 Å². The second kappa shape index (κ2) is 8.35. The van der Waals surface area contributed by atoms with Crippen LogP contribution in [-0.2, 0) is 17.6 Å². The molecule has 6 heteroatoms. The molecule has 0 radical (unpaired) electrons. The number of carbonyl (C=O) groups is 1. The Morgan fingerprint density at radius 3 is 2.65 bits per heavy atom. The first kappa shape index (κ1) is 20.1. The van der Waals surface area contributed by atoms with Gasteiger partial charge in [0.2, 0.25) is 0 Å². The predicted molar refractivity (Wildman–Crippen MR) is 123 cm³/mol. The molecule has 5 rings (SSSR count). The highest BCUT2D eigenvalue weighted by Gasteiger charge is 2.32. The number of nitrogens with zero attached hydrogens (tertiary/aromatic N) is 3. The van der Waals surface area contributed by atoms with Crippen LogP contribution in [0.15, 0.2) is 42.5 Å². The zero-order valence-electron chi connectivity index (χ0n) is 18.3. The van der Waals surface area contributed by atoms with E-state index >= 15 is 0 Å². The van der Waals surface area contributed by atoms with Gasteiger partial charge in [-0.3, -0.25) is 4.90 Å². The third-order valence-corrected chi connectivity index (χ3v) is 6.78. The van der Waals surface area contributed by atoms with Crippen molar-refractivity contribution in [3.63, 3.8) is 0 Å². The van der Waals surface area contributed by atoms with Crippen molar-refractivity contribution in [2.24, 2.45) is 0 Å². The summed E-state index contributed by atoms with van der Waals surface area (Å²) in [4.78, 5) is 19.5. The number of piperidine rings is 1. The van der Waals surface area contributed by atoms with Gasteiger partial charge in [-0.1, -0.05) is 30.3 Å². The van der Waals surface area contributed by atoms with Gasteiger partial charge in [0.05, 0.1) is 23.8 Å². The zero-order chi connectivity index (χ0) is 21.4. The van der Waals surface area contributed by atoms with Crippen LogP contribution >= 0.6 is 0 Å². The van der Waals surface area contributed by atoms with Gasteiger partial charge in [-0.15, -0.1) is 0 Å². The van der Waals surface area contributed by atoms with E-state index in [1.54, 1.807) is 4.90 Å². The van der Waals surface area contributed by atoms with Crippen LogP contribution in [0, 0.1) is 0 Å². The molecule has 0 aliphatic carbocycles. The molecule has 1 fully saturated rings. The smallest absolute Gasteiger partial charge is 0.414 e. The first-order valence-electron chi connectivity index (χ1n) is 11.3. The van der Waals surface area contributed by atoms with Gasteiger partial charge in [0, 0.05) is 24.1 Å². The maximum atomic E-state index is 12.5. The molecule has 2 aliphatic rings. The number of nitrogens with one attached hydrogen (secondary N) is 1. The molecule has 0 saturated carbocycles. The molecular weight excluding hydrogens is 388 g/mol. The van der Waals surface area contributed by atoms with Gasteiger partial charge in [-0.25, -0.2) is 9.78 Å². The van der Waals surface area contributed by atoms with Crippen LogP contribution in [0.3, 0.4) is 0 Å². The molecule has 3 heterocycles. The number of methoxy groups -OCH3 is 1. The molecule has 3 aromatic rings. The maximum Gasteiger partial charge on any atom is 0.414 e. The molecule has 31 heavy (non-hydrogen) atoms. The van der Waals surface area contributed by atoms with E-state index in [0.29, 0.717) is 6.04 Å². The second-order valence-electron chi connectivity index (χ2n) is 8.70. The van der Waals surface area contributed by atoms with Crippen molar-refractivity contribution in [2.45, 2.75) is 51.1 Å². The minimum Gasteiger partial charge on any atom is -0.452 e. The number of hydrogen-bond acceptors (Lipinski definition) is 4. The van der Waals surface area contributed by atoms with Gasteiger partial charge in [-0.2, -0.15) is 0 Å². The molecule has 0 bridgehead atoms. The lowest BCUT2D eigenvalue weighted by atomic mass is 9.95. The van der Waals surface area contributed by atoms with Crippen molar-refractivity contribution in [3.05, 3.63) is 59.4 Å². The van der Waals surface area contributed by atoms with E-state index in [1.165, 1.54) is 23.8 Å². The minimum absolute atomic E-state index is 0.118. The number of fused-ring (bicyclic) bond motifs is 3. The normalized spacial score (nSPS) is 19.4. The zero-order valence-corrected chi connectivity index (χ0v) is 18.3. The Bertz CT molecular complexity index is 1090. The molecule has 1 aromatic heterocycles. The lowest BCUT2D eigenvalue weighted by Crippen LogP contribution is -2.42. The van der Waals surface area contributed by atoms with Gasteiger partial charge >= 0.3 is 6.09 Å². The standard InChI is InChI=1S/C25H30N4O2/c1-17-8-9-20-21(28(17)25(30)31-2)10-11-22-24(20)27-23(16-18-6-4-3-5-7-18)29(22)19-12-14-26-15-13-19/h3-7,10-11,17,19,26H,8-9,12-16H2,1-2H3/t17-/m0/s1. The molecule has 162 valence electrons. The van der Waals surface area contributed by atoms with E-state index in [4.69, 9.17) is 9.72 Å². The quantitative estimate of drug-likeness (QED) is 0.682. The van der Waals surface area contributed by atoms with E-state index < -0.39 is 0 Å². The summed E-state index contributed by atoms with van der Waals surface area (Å²) in [5, 5.41) is 3.48. The van der Waals surface area contributed by atoms with Gasteiger partial charge < -0.3 is 14.6 Å². The second-order valence-corrected chi connectivity index (χ2v) is 8.70. The number of imidazole rings is 1. The van der Waals surface area contributed by atoms with E-state index in [2.05, 4.69) is 59.3 Å². The summed E-state index contributed by atoms with van der Waals surface area (Å²) in [5.41, 5.74) is 5.62. The largest absolute Gasteiger partial charge is 0.452 e. The number of rotatable bonds is 3. The van der Waals surface area contributed by atoms with Crippen molar-refractivity contribution in [3.8, 4) is 0 Å². The van der Waals surface area contributed by atoms with Crippen LogP contribution in [-0.4, -0.2) is 41.9 Å². The molecule has 1 atom stereocenters. The Morgan fingerprint density at radius 1 is 1.13 bits per heavy atom. The Labute approximate surface area is 183 Å². The third-order valence-electron chi connectivity index (χ3n) is 6.78. The number of ether oxygens (including phenoxy) is 1. The van der Waals surface area contributed by atoms with Crippen LogP contribution in [0.2, 0.25) is 0 Å². The monoisotopic (exact) mass is 418 g/mol. The van der Waals surface area contributed by atoms with E-state index in [0.717, 1.165) is 62.2 Å². The minimum atomic E-state index is -0.296. The summed E-state index contributed by atoms with van der Waals surface area (Å²) in [6.07, 6.45) is 4.57. The third kappa shape index (κ3) is 3.59. The highest BCUT2D eigenvalue weighted by atomic mass is 16.5. The molecular formula is C25H30N4O2. The Morgan fingerprint density at radius 2 is 1.90 bits per heavy atom. The number of aromatic nitrogens is 2. The van der Waals surface area contributed by atoms with E-state index in [-0.39, 0.29) is 12.1 Å². The van der Waals surface area contributed by atoms with Gasteiger partial charge in [-0.05, 0) is 63.4 Å². The highest BCUT2D eigenvalue weighted by Crippen LogP contribution is 2.38. The maximum absolute atomic E-state index is 12.5. The molecule has 2 aliphatic heterocycles. The summed E-state index contributed by atoms with van der Waals surface area (Å²) in [6.45, 7) is 4.15. The van der Waals surface area contributed by atoms with Crippen LogP contribution in [0.25, 0.3) is 11.0 Å². The summed E-state index contributed by atoms with van der Waals surface area (Å²) in [5.74, 6) is 1.12. The van der Waals surface area contributed by atoms with Gasteiger partial charge in [0.25, 0.3) is 0 Å². The van der Waals surface area contributed by atoms with Crippen LogP contribution < -0.4 is 10.2 Å². The van der Waals surface area contributed by atoms with Gasteiger partial charge in [0.1, 0.15) is 5.82 Å². The Hall–Kier alpha value is -2.86. The summed E-state index contributed by atoms with van der Waals surface area (Å²) in [6, 6.07) is 15.4. The molecule has 1 amide bonds. The van der Waals surface area contributed by atoms with Crippen molar-refractivity contribution in [2.75, 3.05) is 25.1 Å². The highest BCUT2D eigenvalue weighted by molar-refractivity contribution is 5.95. The van der Waals surface area contributed by atoms with E-state index in [1.807, 2.05) is 0 Å². The number of hydrogen-bond donors (Lipinski definition) is 1.